The molecule has 128 valence electrons. The van der Waals surface area contributed by atoms with Gasteiger partial charge in [-0.05, 0) is 24.3 Å². The lowest BCUT2D eigenvalue weighted by atomic mass is 9.89. The van der Waals surface area contributed by atoms with Crippen LogP contribution in [-0.4, -0.2) is 33.8 Å². The van der Waals surface area contributed by atoms with Crippen LogP contribution in [0.5, 0.6) is 0 Å². The number of amidine groups is 1. The highest BCUT2D eigenvalue weighted by Gasteiger charge is 2.34. The van der Waals surface area contributed by atoms with Crippen LogP contribution in [0, 0.1) is 5.41 Å². The van der Waals surface area contributed by atoms with E-state index in [0.717, 1.165) is 25.5 Å². The highest BCUT2D eigenvalue weighted by atomic mass is 16.5. The number of aromatic nitrogens is 3. The zero-order valence-corrected chi connectivity index (χ0v) is 13.9. The Labute approximate surface area is 145 Å². The molecular formula is C18H19N5O2. The van der Waals surface area contributed by atoms with Crippen LogP contribution in [0.15, 0.2) is 58.4 Å². The molecule has 2 N–H and O–H groups in total. The third-order valence-corrected chi connectivity index (χ3v) is 4.11. The summed E-state index contributed by atoms with van der Waals surface area (Å²) in [4.78, 5) is 8.91. The molecule has 0 unspecified atom stereocenters. The highest BCUT2D eigenvalue weighted by Crippen LogP contribution is 2.32. The molecule has 0 atom stereocenters. The van der Waals surface area contributed by atoms with Gasteiger partial charge in [-0.25, -0.2) is 4.99 Å². The Morgan fingerprint density at radius 2 is 2.20 bits per heavy atom. The third kappa shape index (κ3) is 3.18. The molecule has 1 saturated heterocycles. The van der Waals surface area contributed by atoms with E-state index in [9.17, 15) is 0 Å². The van der Waals surface area contributed by atoms with Crippen molar-refractivity contribution in [2.24, 2.45) is 16.1 Å². The Morgan fingerprint density at radius 1 is 1.32 bits per heavy atom. The maximum Gasteiger partial charge on any atom is 0.168 e. The van der Waals surface area contributed by atoms with Crippen molar-refractivity contribution in [3.63, 3.8) is 0 Å². The molecule has 0 spiro atoms. The molecule has 4 heterocycles. The van der Waals surface area contributed by atoms with Gasteiger partial charge in [0.15, 0.2) is 11.6 Å². The summed E-state index contributed by atoms with van der Waals surface area (Å²) in [5, 5.41) is 4.69. The van der Waals surface area contributed by atoms with Gasteiger partial charge in [0.1, 0.15) is 11.4 Å². The predicted octanol–water partition coefficient (Wildman–Crippen LogP) is 2.61. The molecule has 7 nitrogen and oxygen atoms in total. The average molecular weight is 337 g/mol. The zero-order valence-electron chi connectivity index (χ0n) is 13.9. The standard InChI is InChI=1S/C18H19N5O2/c1-18(11-24-12-18)10-23-9-14(21-17(19)15-6-4-8-25-15)16(22-23)13-5-2-3-7-20-13/h2-9H,10-12H2,1H3,(H2,19,21). The molecular weight excluding hydrogens is 318 g/mol. The normalized spacial score (nSPS) is 16.6. The molecule has 0 aromatic carbocycles. The van der Waals surface area contributed by atoms with Gasteiger partial charge in [-0.2, -0.15) is 5.10 Å². The summed E-state index contributed by atoms with van der Waals surface area (Å²) in [5.41, 5.74) is 8.28. The third-order valence-electron chi connectivity index (χ3n) is 4.11. The maximum atomic E-state index is 6.07. The van der Waals surface area contributed by atoms with Crippen LogP contribution in [0.4, 0.5) is 5.69 Å². The molecule has 25 heavy (non-hydrogen) atoms. The molecule has 0 saturated carbocycles. The van der Waals surface area contributed by atoms with Gasteiger partial charge in [-0.15, -0.1) is 0 Å². The molecule has 7 heteroatoms. The topological polar surface area (TPSA) is 91.5 Å². The monoisotopic (exact) mass is 337 g/mol. The smallest absolute Gasteiger partial charge is 0.168 e. The molecule has 0 bridgehead atoms. The van der Waals surface area contributed by atoms with Crippen molar-refractivity contribution in [2.75, 3.05) is 13.2 Å². The fourth-order valence-electron chi connectivity index (χ4n) is 2.80. The summed E-state index contributed by atoms with van der Waals surface area (Å²) in [5.74, 6) is 0.832. The number of rotatable bonds is 5. The van der Waals surface area contributed by atoms with Gasteiger partial charge in [0.05, 0.1) is 37.9 Å². The van der Waals surface area contributed by atoms with Crippen LogP contribution in [0.25, 0.3) is 11.4 Å². The number of ether oxygens (including phenoxy) is 1. The molecule has 1 aliphatic rings. The Hall–Kier alpha value is -2.93. The van der Waals surface area contributed by atoms with Crippen molar-refractivity contribution in [1.29, 1.82) is 0 Å². The van der Waals surface area contributed by atoms with Gasteiger partial charge in [-0.3, -0.25) is 9.67 Å². The first-order chi connectivity index (χ1) is 12.1. The van der Waals surface area contributed by atoms with Crippen LogP contribution < -0.4 is 5.73 Å². The lowest BCUT2D eigenvalue weighted by molar-refractivity contribution is -0.111. The fraction of sp³-hybridized carbons (Fsp3) is 0.278. The lowest BCUT2D eigenvalue weighted by Gasteiger charge is -2.37. The lowest BCUT2D eigenvalue weighted by Crippen LogP contribution is -2.43. The molecule has 1 fully saturated rings. The second-order valence-corrected chi connectivity index (χ2v) is 6.55. The number of nitrogens with zero attached hydrogens (tertiary/aromatic N) is 4. The Bertz CT molecular complexity index is 880. The molecule has 3 aromatic rings. The van der Waals surface area contributed by atoms with Crippen molar-refractivity contribution in [1.82, 2.24) is 14.8 Å². The van der Waals surface area contributed by atoms with Crippen molar-refractivity contribution in [3.05, 3.63) is 54.7 Å². The quantitative estimate of drug-likeness (QED) is 0.571. The van der Waals surface area contributed by atoms with Gasteiger partial charge in [0, 0.05) is 11.6 Å². The molecule has 0 amide bonds. The van der Waals surface area contributed by atoms with Crippen molar-refractivity contribution >= 4 is 11.5 Å². The minimum atomic E-state index is 0.0982. The number of hydrogen-bond acceptors (Lipinski definition) is 5. The summed E-state index contributed by atoms with van der Waals surface area (Å²) in [6, 6.07) is 9.25. The summed E-state index contributed by atoms with van der Waals surface area (Å²) in [7, 11) is 0. The van der Waals surface area contributed by atoms with E-state index in [1.54, 1.807) is 24.6 Å². The van der Waals surface area contributed by atoms with Gasteiger partial charge >= 0.3 is 0 Å². The van der Waals surface area contributed by atoms with E-state index >= 15 is 0 Å². The number of pyridine rings is 1. The summed E-state index contributed by atoms with van der Waals surface area (Å²) < 4.78 is 12.5. The number of furan rings is 1. The molecule has 3 aromatic heterocycles. The van der Waals surface area contributed by atoms with Gasteiger partial charge in [0.25, 0.3) is 0 Å². The largest absolute Gasteiger partial charge is 0.461 e. The highest BCUT2D eigenvalue weighted by molar-refractivity contribution is 5.97. The summed E-state index contributed by atoms with van der Waals surface area (Å²) in [6.07, 6.45) is 5.19. The van der Waals surface area contributed by atoms with Gasteiger partial charge in [0.2, 0.25) is 0 Å². The first kappa shape index (κ1) is 15.6. The van der Waals surface area contributed by atoms with Gasteiger partial charge in [-0.1, -0.05) is 13.0 Å². The first-order valence-corrected chi connectivity index (χ1v) is 8.08. The van der Waals surface area contributed by atoms with Crippen molar-refractivity contribution in [3.8, 4) is 11.4 Å². The summed E-state index contributed by atoms with van der Waals surface area (Å²) >= 11 is 0. The van der Waals surface area contributed by atoms with E-state index in [0.29, 0.717) is 23.0 Å². The van der Waals surface area contributed by atoms with Crippen LogP contribution in [0.1, 0.15) is 12.7 Å². The maximum absolute atomic E-state index is 6.07. The molecule has 4 rings (SSSR count). The minimum absolute atomic E-state index is 0.0982. The minimum Gasteiger partial charge on any atom is -0.461 e. The SMILES string of the molecule is CC1(Cn2cc(N=C(N)c3ccco3)c(-c3ccccn3)n2)COC1. The van der Waals surface area contributed by atoms with E-state index in [2.05, 4.69) is 22.0 Å². The fourth-order valence-corrected chi connectivity index (χ4v) is 2.80. The van der Waals surface area contributed by atoms with Crippen molar-refractivity contribution in [2.45, 2.75) is 13.5 Å². The van der Waals surface area contributed by atoms with Crippen LogP contribution in [0.2, 0.25) is 0 Å². The van der Waals surface area contributed by atoms with E-state index in [1.807, 2.05) is 29.1 Å². The Morgan fingerprint density at radius 3 is 2.84 bits per heavy atom. The van der Waals surface area contributed by atoms with E-state index < -0.39 is 0 Å². The molecule has 1 aliphatic heterocycles. The average Bonchev–Trinajstić information content (AvgIpc) is 3.24. The zero-order chi connectivity index (χ0) is 17.3. The molecule has 0 aliphatic carbocycles. The Kier molecular flexibility index (Phi) is 3.85. The second kappa shape index (κ2) is 6.18. The van der Waals surface area contributed by atoms with Crippen molar-refractivity contribution < 1.29 is 9.15 Å². The number of hydrogen-bond donors (Lipinski definition) is 1. The van der Waals surface area contributed by atoms with Gasteiger partial charge < -0.3 is 14.9 Å². The van der Waals surface area contributed by atoms with E-state index in [-0.39, 0.29) is 5.41 Å². The Balaban J connectivity index is 1.73. The first-order valence-electron chi connectivity index (χ1n) is 8.08. The second-order valence-electron chi connectivity index (χ2n) is 6.55. The predicted molar refractivity (Wildman–Crippen MR) is 93.5 cm³/mol. The van der Waals surface area contributed by atoms with Crippen LogP contribution in [0.3, 0.4) is 0 Å². The number of nitrogens with two attached hydrogens (primary N) is 1. The summed E-state index contributed by atoms with van der Waals surface area (Å²) in [6.45, 7) is 4.40. The van der Waals surface area contributed by atoms with E-state index in [1.165, 1.54) is 0 Å². The number of aliphatic imine (C=N–C) groups is 1. The van der Waals surface area contributed by atoms with E-state index in [4.69, 9.17) is 14.9 Å². The van der Waals surface area contributed by atoms with Crippen LogP contribution in [-0.2, 0) is 11.3 Å². The van der Waals surface area contributed by atoms with Crippen LogP contribution >= 0.6 is 0 Å². The molecule has 0 radical (unpaired) electrons.